The molecular weight excluding hydrogens is 299 g/mol. The third-order valence-electron chi connectivity index (χ3n) is 3.81. The van der Waals surface area contributed by atoms with Gasteiger partial charge in [0, 0.05) is 23.6 Å². The predicted molar refractivity (Wildman–Crippen MR) is 84.6 cm³/mol. The number of imidazole rings is 1. The summed E-state index contributed by atoms with van der Waals surface area (Å²) in [6.07, 6.45) is 5.56. The van der Waals surface area contributed by atoms with Crippen molar-refractivity contribution in [1.29, 1.82) is 0 Å². The Hall–Kier alpha value is -0.380. The first kappa shape index (κ1) is 13.6. The fourth-order valence-corrected chi connectivity index (χ4v) is 3.62. The average Bonchev–Trinajstić information content (AvgIpc) is 3.10. The Morgan fingerprint density at radius 1 is 1.42 bits per heavy atom. The number of nitrogens with zero attached hydrogens (tertiary/aromatic N) is 2. The number of aryl methyl sites for hydroxylation is 1. The number of halogens is 2. The lowest BCUT2D eigenvalue weighted by Crippen LogP contribution is -2.16. The lowest BCUT2D eigenvalue weighted by Gasteiger charge is -2.16. The first-order valence-corrected chi connectivity index (χ1v) is 8.57. The van der Waals surface area contributed by atoms with Crippen molar-refractivity contribution in [3.8, 4) is 0 Å². The van der Waals surface area contributed by atoms with Crippen molar-refractivity contribution < 1.29 is 0 Å². The molecular formula is C14H16Cl2N2S. The van der Waals surface area contributed by atoms with Crippen LogP contribution >= 0.6 is 35.0 Å². The summed E-state index contributed by atoms with van der Waals surface area (Å²) < 4.78 is 2.71. The number of alkyl halides is 1. The molecule has 1 heterocycles. The summed E-state index contributed by atoms with van der Waals surface area (Å²) in [5.74, 6) is 1.64. The molecule has 0 radical (unpaired) electrons. The number of rotatable bonds is 5. The molecule has 1 saturated carbocycles. The quantitative estimate of drug-likeness (QED) is 0.763. The first-order valence-electron chi connectivity index (χ1n) is 6.44. The molecule has 0 amide bonds. The molecule has 5 heteroatoms. The molecule has 19 heavy (non-hydrogen) atoms. The molecule has 2 nitrogen and oxygen atoms in total. The van der Waals surface area contributed by atoms with Gasteiger partial charge in [-0.1, -0.05) is 17.7 Å². The van der Waals surface area contributed by atoms with E-state index in [0.717, 1.165) is 34.8 Å². The number of fused-ring (bicyclic) bond motifs is 1. The second kappa shape index (κ2) is 5.19. The van der Waals surface area contributed by atoms with Crippen molar-refractivity contribution in [3.05, 3.63) is 29.0 Å². The van der Waals surface area contributed by atoms with Gasteiger partial charge in [-0.3, -0.25) is 0 Å². The third-order valence-corrected chi connectivity index (χ3v) is 5.71. The fourth-order valence-electron chi connectivity index (χ4n) is 2.47. The van der Waals surface area contributed by atoms with Gasteiger partial charge in [0.2, 0.25) is 0 Å². The van der Waals surface area contributed by atoms with Gasteiger partial charge < -0.3 is 4.57 Å². The van der Waals surface area contributed by atoms with Crippen molar-refractivity contribution in [3.63, 3.8) is 0 Å². The zero-order valence-electron chi connectivity index (χ0n) is 10.8. The second-order valence-corrected chi connectivity index (χ2v) is 7.11. The van der Waals surface area contributed by atoms with Crippen LogP contribution in [-0.4, -0.2) is 26.4 Å². The summed E-state index contributed by atoms with van der Waals surface area (Å²) in [6.45, 7) is 1.01. The van der Waals surface area contributed by atoms with Gasteiger partial charge in [-0.2, -0.15) is 11.8 Å². The highest BCUT2D eigenvalue weighted by atomic mass is 35.5. The van der Waals surface area contributed by atoms with E-state index in [0.29, 0.717) is 10.6 Å². The van der Waals surface area contributed by atoms with Crippen LogP contribution in [0.1, 0.15) is 18.7 Å². The maximum Gasteiger partial charge on any atom is 0.111 e. The average molecular weight is 315 g/mol. The van der Waals surface area contributed by atoms with Crippen molar-refractivity contribution >= 4 is 46.0 Å². The van der Waals surface area contributed by atoms with Crippen molar-refractivity contribution in [1.82, 2.24) is 9.55 Å². The van der Waals surface area contributed by atoms with Gasteiger partial charge in [-0.05, 0) is 31.2 Å². The Bertz CT molecular complexity index is 605. The minimum atomic E-state index is 0.400. The van der Waals surface area contributed by atoms with Gasteiger partial charge >= 0.3 is 0 Å². The van der Waals surface area contributed by atoms with E-state index in [1.807, 2.05) is 23.9 Å². The van der Waals surface area contributed by atoms with E-state index in [-0.39, 0.29) is 0 Å². The number of thioether (sulfide) groups is 1. The summed E-state index contributed by atoms with van der Waals surface area (Å²) >= 11 is 14.1. The molecule has 0 bridgehead atoms. The van der Waals surface area contributed by atoms with Gasteiger partial charge in [0.15, 0.2) is 0 Å². The van der Waals surface area contributed by atoms with Gasteiger partial charge in [0.1, 0.15) is 11.3 Å². The monoisotopic (exact) mass is 314 g/mol. The molecule has 1 fully saturated rings. The lowest BCUT2D eigenvalue weighted by molar-refractivity contribution is 0.645. The Kier molecular flexibility index (Phi) is 3.71. The minimum Gasteiger partial charge on any atom is -0.326 e. The largest absolute Gasteiger partial charge is 0.326 e. The van der Waals surface area contributed by atoms with Gasteiger partial charge in [-0.25, -0.2) is 4.98 Å². The van der Waals surface area contributed by atoms with Gasteiger partial charge in [-0.15, -0.1) is 11.6 Å². The van der Waals surface area contributed by atoms with Crippen LogP contribution < -0.4 is 0 Å². The molecule has 0 unspecified atom stereocenters. The molecule has 0 N–H and O–H groups in total. The van der Waals surface area contributed by atoms with Crippen LogP contribution in [0.25, 0.3) is 11.0 Å². The van der Waals surface area contributed by atoms with E-state index < -0.39 is 0 Å². The highest BCUT2D eigenvalue weighted by Gasteiger charge is 2.42. The smallest absolute Gasteiger partial charge is 0.111 e. The first-order chi connectivity index (χ1) is 9.19. The molecule has 2 aromatic rings. The van der Waals surface area contributed by atoms with Gasteiger partial charge in [0.25, 0.3) is 0 Å². The molecule has 0 spiro atoms. The molecule has 0 saturated heterocycles. The Morgan fingerprint density at radius 2 is 2.21 bits per heavy atom. The summed E-state index contributed by atoms with van der Waals surface area (Å²) in [5.41, 5.74) is 2.04. The number of hydrogen-bond donors (Lipinski definition) is 0. The fraction of sp³-hybridized carbons (Fsp3) is 0.500. The summed E-state index contributed by atoms with van der Waals surface area (Å²) in [7, 11) is 0. The van der Waals surface area contributed by atoms with E-state index >= 15 is 0 Å². The SMILES string of the molecule is CSC1(Cn2c(CCCl)nc3c(Cl)cccc32)CC1. The van der Waals surface area contributed by atoms with Crippen LogP contribution in [0.4, 0.5) is 0 Å². The van der Waals surface area contributed by atoms with Gasteiger partial charge in [0.05, 0.1) is 10.5 Å². The van der Waals surface area contributed by atoms with Crippen LogP contribution in [0.15, 0.2) is 18.2 Å². The lowest BCUT2D eigenvalue weighted by atomic mass is 10.3. The number of benzene rings is 1. The second-order valence-electron chi connectivity index (χ2n) is 5.05. The summed E-state index contributed by atoms with van der Waals surface area (Å²) in [4.78, 5) is 4.69. The Labute approximate surface area is 127 Å². The van der Waals surface area contributed by atoms with Crippen LogP contribution in [0.5, 0.6) is 0 Å². The standard InChI is InChI=1S/C14H16Cl2N2S/c1-19-14(6-7-14)9-18-11-4-2-3-10(16)13(11)17-12(18)5-8-15/h2-4H,5-9H2,1H3. The van der Waals surface area contributed by atoms with E-state index in [1.165, 1.54) is 12.8 Å². The van der Waals surface area contributed by atoms with Crippen LogP contribution in [0.2, 0.25) is 5.02 Å². The maximum atomic E-state index is 6.25. The minimum absolute atomic E-state index is 0.400. The Morgan fingerprint density at radius 3 is 2.84 bits per heavy atom. The molecule has 3 rings (SSSR count). The molecule has 0 aliphatic heterocycles. The highest BCUT2D eigenvalue weighted by molar-refractivity contribution is 8.00. The zero-order valence-corrected chi connectivity index (χ0v) is 13.2. The van der Waals surface area contributed by atoms with Crippen molar-refractivity contribution in [2.75, 3.05) is 12.1 Å². The van der Waals surface area contributed by atoms with Crippen molar-refractivity contribution in [2.45, 2.75) is 30.6 Å². The summed E-state index contributed by atoms with van der Waals surface area (Å²) in [5, 5.41) is 0.723. The van der Waals surface area contributed by atoms with Crippen molar-refractivity contribution in [2.24, 2.45) is 0 Å². The normalized spacial score (nSPS) is 17.0. The third kappa shape index (κ3) is 2.48. The van der Waals surface area contributed by atoms with Crippen LogP contribution in [0, 0.1) is 0 Å². The van der Waals surface area contributed by atoms with Crippen LogP contribution in [0.3, 0.4) is 0 Å². The number of aromatic nitrogens is 2. The highest BCUT2D eigenvalue weighted by Crippen LogP contribution is 2.49. The van der Waals surface area contributed by atoms with E-state index in [1.54, 1.807) is 0 Å². The zero-order chi connectivity index (χ0) is 13.5. The predicted octanol–water partition coefficient (Wildman–Crippen LogP) is 4.37. The maximum absolute atomic E-state index is 6.25. The van der Waals surface area contributed by atoms with E-state index in [9.17, 15) is 0 Å². The molecule has 1 aromatic carbocycles. The molecule has 102 valence electrons. The van der Waals surface area contributed by atoms with Crippen LogP contribution in [-0.2, 0) is 13.0 Å². The molecule has 1 aromatic heterocycles. The topological polar surface area (TPSA) is 17.8 Å². The molecule has 1 aliphatic carbocycles. The van der Waals surface area contributed by atoms with E-state index in [2.05, 4.69) is 21.9 Å². The Balaban J connectivity index is 2.08. The number of hydrogen-bond acceptors (Lipinski definition) is 2. The molecule has 0 atom stereocenters. The molecule has 1 aliphatic rings. The van der Waals surface area contributed by atoms with E-state index in [4.69, 9.17) is 23.2 Å². The summed E-state index contributed by atoms with van der Waals surface area (Å²) in [6, 6.07) is 5.99. The number of para-hydroxylation sites is 1.